The zero-order chi connectivity index (χ0) is 6.27. The first-order chi connectivity index (χ1) is 4.43. The lowest BCUT2D eigenvalue weighted by Gasteiger charge is -2.00. The molecular weight excluding hydrogens is 114 g/mol. The van der Waals surface area contributed by atoms with E-state index >= 15 is 0 Å². The minimum Gasteiger partial charge on any atom is -0.384 e. The maximum Gasteiger partial charge on any atom is 0.0496 e. The maximum atomic E-state index is 5.07. The van der Waals surface area contributed by atoms with Crippen molar-refractivity contribution in [2.24, 2.45) is 17.8 Å². The minimum absolute atomic E-state index is 0.899. The summed E-state index contributed by atoms with van der Waals surface area (Å²) in [6.07, 6.45) is 0. The highest BCUT2D eigenvalue weighted by Gasteiger charge is 2.52. The number of nitrogens with one attached hydrogen (secondary N) is 1. The normalized spacial score (nSPS) is 47.0. The molecule has 52 valence electrons. The van der Waals surface area contributed by atoms with E-state index in [0.29, 0.717) is 0 Å². The molecule has 0 aromatic heterocycles. The van der Waals surface area contributed by atoms with Gasteiger partial charge in [0.2, 0.25) is 0 Å². The smallest absolute Gasteiger partial charge is 0.0496 e. The van der Waals surface area contributed by atoms with Gasteiger partial charge in [-0.25, -0.2) is 0 Å². The Morgan fingerprint density at radius 2 is 2.11 bits per heavy atom. The zero-order valence-electron chi connectivity index (χ0n) is 5.76. The first kappa shape index (κ1) is 5.69. The Labute approximate surface area is 55.6 Å². The highest BCUT2D eigenvalue weighted by atomic mass is 16.5. The van der Waals surface area contributed by atoms with E-state index in [4.69, 9.17) is 4.74 Å². The summed E-state index contributed by atoms with van der Waals surface area (Å²) in [6, 6.07) is 0. The molecule has 3 atom stereocenters. The van der Waals surface area contributed by atoms with E-state index in [1.165, 1.54) is 13.1 Å². The molecule has 2 aliphatic rings. The summed E-state index contributed by atoms with van der Waals surface area (Å²) in [5.41, 5.74) is 0. The molecule has 0 aromatic rings. The summed E-state index contributed by atoms with van der Waals surface area (Å²) in [7, 11) is 1.79. The molecule has 1 saturated carbocycles. The van der Waals surface area contributed by atoms with Crippen molar-refractivity contribution in [3.63, 3.8) is 0 Å². The van der Waals surface area contributed by atoms with Crippen LogP contribution in [0.25, 0.3) is 0 Å². The first-order valence-corrected chi connectivity index (χ1v) is 3.63. The van der Waals surface area contributed by atoms with Crippen molar-refractivity contribution in [3.8, 4) is 0 Å². The van der Waals surface area contributed by atoms with Gasteiger partial charge in [-0.15, -0.1) is 0 Å². The highest BCUT2D eigenvalue weighted by Crippen LogP contribution is 2.48. The number of fused-ring (bicyclic) bond motifs is 1. The Bertz CT molecular complexity index is 105. The molecule has 0 amide bonds. The Balaban J connectivity index is 1.81. The van der Waals surface area contributed by atoms with E-state index < -0.39 is 0 Å². The van der Waals surface area contributed by atoms with Gasteiger partial charge >= 0.3 is 0 Å². The Morgan fingerprint density at radius 1 is 1.44 bits per heavy atom. The fourth-order valence-corrected chi connectivity index (χ4v) is 1.99. The number of hydrogen-bond acceptors (Lipinski definition) is 2. The fourth-order valence-electron chi connectivity index (χ4n) is 1.99. The third-order valence-electron chi connectivity index (χ3n) is 2.63. The van der Waals surface area contributed by atoms with Crippen LogP contribution in [0, 0.1) is 17.8 Å². The molecule has 1 N–H and O–H groups in total. The highest BCUT2D eigenvalue weighted by molar-refractivity contribution is 5.03. The van der Waals surface area contributed by atoms with Crippen LogP contribution in [-0.4, -0.2) is 26.8 Å². The molecule has 0 spiro atoms. The number of hydrogen-bond donors (Lipinski definition) is 1. The second-order valence-corrected chi connectivity index (χ2v) is 3.11. The molecule has 2 nitrogen and oxygen atoms in total. The summed E-state index contributed by atoms with van der Waals surface area (Å²) in [6.45, 7) is 3.45. The summed E-state index contributed by atoms with van der Waals surface area (Å²) >= 11 is 0. The van der Waals surface area contributed by atoms with Gasteiger partial charge in [0.15, 0.2) is 0 Å². The maximum absolute atomic E-state index is 5.07. The SMILES string of the molecule is COCC1[C@H]2CNC[C@@H]12. The average Bonchev–Trinajstić information content (AvgIpc) is 2.39. The van der Waals surface area contributed by atoms with E-state index in [1.54, 1.807) is 7.11 Å². The lowest BCUT2D eigenvalue weighted by atomic mass is 10.3. The summed E-state index contributed by atoms with van der Waals surface area (Å²) in [4.78, 5) is 0. The van der Waals surface area contributed by atoms with E-state index in [0.717, 1.165) is 24.4 Å². The van der Waals surface area contributed by atoms with Gasteiger partial charge in [-0.05, 0) is 30.8 Å². The van der Waals surface area contributed by atoms with Crippen molar-refractivity contribution in [2.45, 2.75) is 0 Å². The molecule has 1 heterocycles. The first-order valence-electron chi connectivity index (χ1n) is 3.63. The fraction of sp³-hybridized carbons (Fsp3) is 1.00. The predicted molar refractivity (Wildman–Crippen MR) is 35.2 cm³/mol. The van der Waals surface area contributed by atoms with Crippen LogP contribution in [0.1, 0.15) is 0 Å². The van der Waals surface area contributed by atoms with Crippen LogP contribution in [0.5, 0.6) is 0 Å². The van der Waals surface area contributed by atoms with Crippen LogP contribution in [0.4, 0.5) is 0 Å². The molecule has 2 heteroatoms. The van der Waals surface area contributed by atoms with Crippen molar-refractivity contribution < 1.29 is 4.74 Å². The second kappa shape index (κ2) is 1.96. The minimum atomic E-state index is 0.899. The van der Waals surface area contributed by atoms with Gasteiger partial charge in [-0.2, -0.15) is 0 Å². The predicted octanol–water partition coefficient (Wildman–Crippen LogP) is 0.0982. The van der Waals surface area contributed by atoms with Gasteiger partial charge in [0.1, 0.15) is 0 Å². The van der Waals surface area contributed by atoms with Gasteiger partial charge in [-0.1, -0.05) is 0 Å². The van der Waals surface area contributed by atoms with Crippen LogP contribution in [0.2, 0.25) is 0 Å². The van der Waals surface area contributed by atoms with Crippen LogP contribution in [-0.2, 0) is 4.74 Å². The molecule has 0 bridgehead atoms. The molecule has 1 saturated heterocycles. The lowest BCUT2D eigenvalue weighted by Crippen LogP contribution is -2.16. The van der Waals surface area contributed by atoms with Crippen LogP contribution >= 0.6 is 0 Å². The number of ether oxygens (including phenoxy) is 1. The van der Waals surface area contributed by atoms with Crippen LogP contribution in [0.15, 0.2) is 0 Å². The molecule has 2 fully saturated rings. The van der Waals surface area contributed by atoms with Crippen molar-refractivity contribution in [3.05, 3.63) is 0 Å². The van der Waals surface area contributed by atoms with Crippen LogP contribution in [0.3, 0.4) is 0 Å². The Kier molecular flexibility index (Phi) is 1.24. The van der Waals surface area contributed by atoms with Crippen molar-refractivity contribution in [1.29, 1.82) is 0 Å². The standard InChI is InChI=1S/C7H13NO/c1-9-4-7-5-2-8-3-6(5)7/h5-8H,2-4H2,1H3/t5-,6+,7?. The number of rotatable bonds is 2. The summed E-state index contributed by atoms with van der Waals surface area (Å²) < 4.78 is 5.07. The van der Waals surface area contributed by atoms with Crippen molar-refractivity contribution in [2.75, 3.05) is 26.8 Å². The molecular formula is C7H13NO. The molecule has 0 aromatic carbocycles. The molecule has 1 aliphatic carbocycles. The number of piperidine rings is 1. The van der Waals surface area contributed by atoms with E-state index in [-0.39, 0.29) is 0 Å². The van der Waals surface area contributed by atoms with E-state index in [9.17, 15) is 0 Å². The average molecular weight is 127 g/mol. The topological polar surface area (TPSA) is 21.3 Å². The molecule has 1 unspecified atom stereocenters. The van der Waals surface area contributed by atoms with Crippen molar-refractivity contribution in [1.82, 2.24) is 5.32 Å². The summed E-state index contributed by atoms with van der Waals surface area (Å²) in [5, 5.41) is 3.35. The van der Waals surface area contributed by atoms with Gasteiger partial charge in [0.25, 0.3) is 0 Å². The second-order valence-electron chi connectivity index (χ2n) is 3.11. The molecule has 0 radical (unpaired) electrons. The monoisotopic (exact) mass is 127 g/mol. The van der Waals surface area contributed by atoms with Gasteiger partial charge in [0.05, 0.1) is 0 Å². The molecule has 1 aliphatic heterocycles. The third-order valence-corrected chi connectivity index (χ3v) is 2.63. The van der Waals surface area contributed by atoms with E-state index in [2.05, 4.69) is 5.32 Å². The Morgan fingerprint density at radius 3 is 2.67 bits per heavy atom. The quantitative estimate of drug-likeness (QED) is 0.568. The largest absolute Gasteiger partial charge is 0.384 e. The molecule has 9 heavy (non-hydrogen) atoms. The number of methoxy groups -OCH3 is 1. The van der Waals surface area contributed by atoms with Gasteiger partial charge < -0.3 is 10.1 Å². The lowest BCUT2D eigenvalue weighted by molar-refractivity contribution is 0.175. The zero-order valence-corrected chi connectivity index (χ0v) is 5.76. The summed E-state index contributed by atoms with van der Waals surface area (Å²) in [5.74, 6) is 2.83. The van der Waals surface area contributed by atoms with Gasteiger partial charge in [-0.3, -0.25) is 0 Å². The molecule has 2 rings (SSSR count). The van der Waals surface area contributed by atoms with Crippen molar-refractivity contribution >= 4 is 0 Å². The van der Waals surface area contributed by atoms with E-state index in [1.807, 2.05) is 0 Å². The van der Waals surface area contributed by atoms with Gasteiger partial charge in [0, 0.05) is 13.7 Å². The Hall–Kier alpha value is -0.0800. The third kappa shape index (κ3) is 0.775. The van der Waals surface area contributed by atoms with Crippen LogP contribution < -0.4 is 5.32 Å².